The number of para-hydroxylation sites is 1. The molecule has 0 radical (unpaired) electrons. The van der Waals surface area contributed by atoms with Gasteiger partial charge < -0.3 is 5.73 Å². The lowest BCUT2D eigenvalue weighted by Crippen LogP contribution is -2.67. The van der Waals surface area contributed by atoms with E-state index >= 15 is 0 Å². The normalized spacial score (nSPS) is 12.7. The number of hydrogen-bond donors (Lipinski definition) is 2. The van der Waals surface area contributed by atoms with E-state index in [0.717, 1.165) is 28.8 Å². The van der Waals surface area contributed by atoms with Crippen LogP contribution in [0.1, 0.15) is 12.0 Å². The molecular formula is C14H18N5OS+. The van der Waals surface area contributed by atoms with Crippen LogP contribution >= 0.6 is 11.8 Å². The van der Waals surface area contributed by atoms with Gasteiger partial charge in [-0.05, 0) is 18.1 Å². The van der Waals surface area contributed by atoms with Crippen LogP contribution in [-0.2, 0) is 4.79 Å². The van der Waals surface area contributed by atoms with Gasteiger partial charge in [-0.3, -0.25) is 14.8 Å². The maximum absolute atomic E-state index is 11.8. The lowest BCUT2D eigenvalue weighted by atomic mass is 10.2. The van der Waals surface area contributed by atoms with Crippen LogP contribution in [0.5, 0.6) is 0 Å². The summed E-state index contributed by atoms with van der Waals surface area (Å²) in [5.41, 5.74) is 8.71. The van der Waals surface area contributed by atoms with Crippen molar-refractivity contribution in [3.8, 4) is 0 Å². The standard InChI is InChI=1S/C14H17N5OS/c1-21-8-5-11(15)14(20)19-18-9-10-3-2-4-12-13(10)17-7-6-16-12/h2-4,6-7,9,11H,5,8,15H2,1H3,(H,19,20)/p+1/b18-9-/t11-/m0/s1. The first-order valence-electron chi connectivity index (χ1n) is 6.57. The van der Waals surface area contributed by atoms with E-state index in [2.05, 4.69) is 26.2 Å². The van der Waals surface area contributed by atoms with E-state index < -0.39 is 0 Å². The van der Waals surface area contributed by atoms with Crippen molar-refractivity contribution >= 4 is 34.9 Å². The Bertz CT molecular complexity index is 641. The summed E-state index contributed by atoms with van der Waals surface area (Å²) in [4.78, 5) is 20.3. The van der Waals surface area contributed by atoms with E-state index in [1.54, 1.807) is 30.4 Å². The minimum Gasteiger partial charge on any atom is -0.347 e. The predicted octanol–water partition coefficient (Wildman–Crippen LogP) is 0.444. The lowest BCUT2D eigenvalue weighted by molar-refractivity contribution is -0.403. The number of rotatable bonds is 6. The number of nitrogens with zero attached hydrogens (tertiary/aromatic N) is 3. The van der Waals surface area contributed by atoms with Gasteiger partial charge in [0.05, 0.1) is 17.2 Å². The van der Waals surface area contributed by atoms with E-state index in [1.807, 2.05) is 24.5 Å². The first kappa shape index (κ1) is 15.4. The van der Waals surface area contributed by atoms with Crippen LogP contribution in [0.4, 0.5) is 0 Å². The summed E-state index contributed by atoms with van der Waals surface area (Å²) >= 11 is 1.70. The molecule has 0 saturated carbocycles. The highest BCUT2D eigenvalue weighted by atomic mass is 32.2. The SMILES string of the molecule is CSCC[C@H]([NH3+])C(=O)N/N=C\c1cccc2nccnc12. The molecule has 2 aromatic rings. The van der Waals surface area contributed by atoms with E-state index in [9.17, 15) is 4.79 Å². The fraction of sp³-hybridized carbons (Fsp3) is 0.286. The molecule has 7 heteroatoms. The molecule has 1 atom stereocenters. The maximum atomic E-state index is 11.8. The summed E-state index contributed by atoms with van der Waals surface area (Å²) in [7, 11) is 0. The van der Waals surface area contributed by atoms with E-state index in [1.165, 1.54) is 0 Å². The Hall–Kier alpha value is -1.99. The summed E-state index contributed by atoms with van der Waals surface area (Å²) in [5, 5.41) is 3.98. The highest BCUT2D eigenvalue weighted by Crippen LogP contribution is 2.11. The monoisotopic (exact) mass is 304 g/mol. The number of carbonyl (C=O) groups is 1. The van der Waals surface area contributed by atoms with E-state index in [0.29, 0.717) is 0 Å². The predicted molar refractivity (Wildman–Crippen MR) is 84.9 cm³/mol. The fourth-order valence-electron chi connectivity index (χ4n) is 1.77. The van der Waals surface area contributed by atoms with Crippen molar-refractivity contribution in [2.24, 2.45) is 5.10 Å². The Morgan fingerprint density at radius 2 is 2.29 bits per heavy atom. The smallest absolute Gasteiger partial charge is 0.298 e. The maximum Gasteiger partial charge on any atom is 0.298 e. The fourth-order valence-corrected chi connectivity index (χ4v) is 2.29. The number of thioether (sulfide) groups is 1. The van der Waals surface area contributed by atoms with Crippen molar-refractivity contribution in [1.29, 1.82) is 0 Å². The molecule has 0 saturated heterocycles. The Morgan fingerprint density at radius 3 is 3.10 bits per heavy atom. The molecule has 0 aliphatic heterocycles. The average molecular weight is 304 g/mol. The molecule has 4 N–H and O–H groups in total. The van der Waals surface area contributed by atoms with Crippen molar-refractivity contribution in [3.63, 3.8) is 0 Å². The summed E-state index contributed by atoms with van der Waals surface area (Å²) in [5.74, 6) is 0.733. The highest BCUT2D eigenvalue weighted by Gasteiger charge is 2.15. The number of hydrogen-bond acceptors (Lipinski definition) is 5. The number of hydrazone groups is 1. The number of carbonyl (C=O) groups excluding carboxylic acids is 1. The zero-order valence-corrected chi connectivity index (χ0v) is 12.6. The third-order valence-electron chi connectivity index (χ3n) is 2.95. The van der Waals surface area contributed by atoms with Crippen LogP contribution in [-0.4, -0.2) is 40.1 Å². The van der Waals surface area contributed by atoms with Gasteiger partial charge in [0, 0.05) is 24.4 Å². The average Bonchev–Trinajstić information content (AvgIpc) is 2.52. The van der Waals surface area contributed by atoms with Gasteiger partial charge in [0.2, 0.25) is 0 Å². The molecule has 1 heterocycles. The second-order valence-corrected chi connectivity index (χ2v) is 5.47. The lowest BCUT2D eigenvalue weighted by Gasteiger charge is -2.05. The molecule has 0 aliphatic carbocycles. The first-order chi connectivity index (χ1) is 10.2. The minimum absolute atomic E-state index is 0.174. The van der Waals surface area contributed by atoms with Gasteiger partial charge in [0.25, 0.3) is 5.91 Å². The molecule has 1 amide bonds. The molecule has 1 aromatic heterocycles. The highest BCUT2D eigenvalue weighted by molar-refractivity contribution is 7.98. The van der Waals surface area contributed by atoms with Crippen LogP contribution in [0.15, 0.2) is 35.7 Å². The Balaban J connectivity index is 2.02. The Kier molecular flexibility index (Phi) is 5.65. The molecule has 0 spiro atoms. The number of benzene rings is 1. The van der Waals surface area contributed by atoms with E-state index in [-0.39, 0.29) is 11.9 Å². The van der Waals surface area contributed by atoms with Gasteiger partial charge in [0.15, 0.2) is 6.04 Å². The number of nitrogens with one attached hydrogen (secondary N) is 1. The molecule has 0 fully saturated rings. The first-order valence-corrected chi connectivity index (χ1v) is 7.96. The van der Waals surface area contributed by atoms with Gasteiger partial charge in [-0.15, -0.1) is 0 Å². The summed E-state index contributed by atoms with van der Waals surface area (Å²) in [6.45, 7) is 0. The van der Waals surface area contributed by atoms with Gasteiger partial charge in [-0.1, -0.05) is 12.1 Å². The van der Waals surface area contributed by atoms with Crippen molar-refractivity contribution in [2.75, 3.05) is 12.0 Å². The quantitative estimate of drug-likeness (QED) is 0.598. The van der Waals surface area contributed by atoms with Crippen molar-refractivity contribution in [2.45, 2.75) is 12.5 Å². The summed E-state index contributed by atoms with van der Waals surface area (Å²) in [6, 6.07) is 5.35. The number of amides is 1. The molecule has 0 aliphatic rings. The summed E-state index contributed by atoms with van der Waals surface area (Å²) < 4.78 is 0. The zero-order chi connectivity index (χ0) is 15.1. The van der Waals surface area contributed by atoms with Crippen LogP contribution in [0.3, 0.4) is 0 Å². The van der Waals surface area contributed by atoms with Gasteiger partial charge in [0.1, 0.15) is 0 Å². The molecule has 6 nitrogen and oxygen atoms in total. The van der Waals surface area contributed by atoms with Crippen LogP contribution < -0.4 is 11.2 Å². The topological polar surface area (TPSA) is 94.9 Å². The molecule has 0 unspecified atom stereocenters. The van der Waals surface area contributed by atoms with Gasteiger partial charge in [-0.2, -0.15) is 16.9 Å². The second kappa shape index (κ2) is 7.70. The summed E-state index contributed by atoms with van der Waals surface area (Å²) in [6.07, 6.45) is 7.60. The number of aromatic nitrogens is 2. The molecule has 1 aromatic carbocycles. The van der Waals surface area contributed by atoms with Crippen LogP contribution in [0.2, 0.25) is 0 Å². The molecular weight excluding hydrogens is 286 g/mol. The van der Waals surface area contributed by atoms with Crippen molar-refractivity contribution in [1.82, 2.24) is 15.4 Å². The van der Waals surface area contributed by atoms with E-state index in [4.69, 9.17) is 0 Å². The second-order valence-electron chi connectivity index (χ2n) is 4.48. The number of fused-ring (bicyclic) bond motifs is 1. The number of quaternary nitrogens is 1. The molecule has 21 heavy (non-hydrogen) atoms. The molecule has 2 rings (SSSR count). The van der Waals surface area contributed by atoms with Crippen LogP contribution in [0, 0.1) is 0 Å². The van der Waals surface area contributed by atoms with Crippen LogP contribution in [0.25, 0.3) is 11.0 Å². The molecule has 0 bridgehead atoms. The van der Waals surface area contributed by atoms with Gasteiger partial charge >= 0.3 is 0 Å². The Labute approximate surface area is 127 Å². The van der Waals surface area contributed by atoms with Crippen molar-refractivity contribution < 1.29 is 10.5 Å². The largest absolute Gasteiger partial charge is 0.347 e. The molecule has 110 valence electrons. The third kappa shape index (κ3) is 4.24. The zero-order valence-electron chi connectivity index (χ0n) is 11.8. The Morgan fingerprint density at radius 1 is 1.48 bits per heavy atom. The van der Waals surface area contributed by atoms with Gasteiger partial charge in [-0.25, -0.2) is 5.43 Å². The minimum atomic E-state index is -0.290. The van der Waals surface area contributed by atoms with Crippen molar-refractivity contribution in [3.05, 3.63) is 36.2 Å². The third-order valence-corrected chi connectivity index (χ3v) is 3.59.